The summed E-state index contributed by atoms with van der Waals surface area (Å²) in [5, 5.41) is 21.6. The van der Waals surface area contributed by atoms with Crippen LogP contribution >= 0.6 is 0 Å². The smallest absolute Gasteiger partial charge is 0.0884 e. The van der Waals surface area contributed by atoms with Gasteiger partial charge in [-0.3, -0.25) is 0 Å². The fourth-order valence-corrected chi connectivity index (χ4v) is 3.78. The number of rotatable bonds is 2. The Kier molecular flexibility index (Phi) is 3.94. The predicted octanol–water partition coefficient (Wildman–Crippen LogP) is 3.32. The summed E-state index contributed by atoms with van der Waals surface area (Å²) in [6, 6.07) is 0. The van der Waals surface area contributed by atoms with Crippen LogP contribution in [0.15, 0.2) is 11.6 Å². The third-order valence-corrected chi connectivity index (χ3v) is 4.65. The predicted molar refractivity (Wildman–Crippen MR) is 69.8 cm³/mol. The molecule has 0 atom stereocenters. The van der Waals surface area contributed by atoms with Gasteiger partial charge in [-0.05, 0) is 38.2 Å². The molecule has 0 amide bonds. The van der Waals surface area contributed by atoms with E-state index in [-0.39, 0.29) is 0 Å². The molecular weight excluding hydrogens is 212 g/mol. The molecule has 17 heavy (non-hydrogen) atoms. The van der Waals surface area contributed by atoms with Crippen LogP contribution in [0.3, 0.4) is 0 Å². The van der Waals surface area contributed by atoms with Gasteiger partial charge in [0.1, 0.15) is 0 Å². The fourth-order valence-electron chi connectivity index (χ4n) is 3.78. The summed E-state index contributed by atoms with van der Waals surface area (Å²) in [6.45, 7) is 1.97. The standard InChI is InChI=1S/C15H26O2/c1-2-13(14(16)9-5-3-6-10-14)15(17)11-7-4-8-12-15/h2,16-17H,3-12H2,1H3. The molecule has 2 heteroatoms. The van der Waals surface area contributed by atoms with E-state index in [1.807, 2.05) is 13.0 Å². The van der Waals surface area contributed by atoms with Gasteiger partial charge in [-0.2, -0.15) is 0 Å². The number of hydrogen-bond donors (Lipinski definition) is 2. The molecule has 0 radical (unpaired) electrons. The topological polar surface area (TPSA) is 40.5 Å². The van der Waals surface area contributed by atoms with E-state index in [2.05, 4.69) is 0 Å². The van der Waals surface area contributed by atoms with Crippen LogP contribution in [0, 0.1) is 0 Å². The first kappa shape index (κ1) is 13.1. The van der Waals surface area contributed by atoms with Gasteiger partial charge in [-0.15, -0.1) is 0 Å². The summed E-state index contributed by atoms with van der Waals surface area (Å²) < 4.78 is 0. The van der Waals surface area contributed by atoms with Gasteiger partial charge < -0.3 is 10.2 Å². The molecule has 2 fully saturated rings. The van der Waals surface area contributed by atoms with Crippen LogP contribution < -0.4 is 0 Å². The molecule has 0 aromatic heterocycles. The molecule has 2 nitrogen and oxygen atoms in total. The summed E-state index contributed by atoms with van der Waals surface area (Å²) in [5.74, 6) is 0. The maximum atomic E-state index is 10.8. The average molecular weight is 238 g/mol. The molecule has 0 bridgehead atoms. The number of hydrogen-bond acceptors (Lipinski definition) is 2. The Labute approximate surface area is 105 Å². The van der Waals surface area contributed by atoms with Crippen LogP contribution in [0.1, 0.15) is 71.1 Å². The normalized spacial score (nSPS) is 27.5. The van der Waals surface area contributed by atoms with E-state index >= 15 is 0 Å². The van der Waals surface area contributed by atoms with Gasteiger partial charge in [0.05, 0.1) is 11.2 Å². The van der Waals surface area contributed by atoms with Crippen LogP contribution in [0.5, 0.6) is 0 Å². The highest BCUT2D eigenvalue weighted by molar-refractivity contribution is 5.28. The number of aliphatic hydroxyl groups is 2. The zero-order valence-electron chi connectivity index (χ0n) is 11.0. The molecule has 0 aliphatic heterocycles. The lowest BCUT2D eigenvalue weighted by Crippen LogP contribution is -2.46. The highest BCUT2D eigenvalue weighted by atomic mass is 16.3. The largest absolute Gasteiger partial charge is 0.385 e. The molecule has 0 aromatic rings. The Bertz CT molecular complexity index is 255. The van der Waals surface area contributed by atoms with Crippen molar-refractivity contribution in [2.75, 3.05) is 0 Å². The molecule has 2 rings (SSSR count). The Hall–Kier alpha value is -0.340. The molecule has 2 aliphatic rings. The summed E-state index contributed by atoms with van der Waals surface area (Å²) >= 11 is 0. The van der Waals surface area contributed by atoms with Crippen LogP contribution in [-0.2, 0) is 0 Å². The summed E-state index contributed by atoms with van der Waals surface area (Å²) in [6.07, 6.45) is 12.1. The third-order valence-electron chi connectivity index (χ3n) is 4.65. The molecule has 2 aliphatic carbocycles. The van der Waals surface area contributed by atoms with E-state index in [1.165, 1.54) is 12.8 Å². The zero-order valence-corrected chi connectivity index (χ0v) is 11.0. The van der Waals surface area contributed by atoms with E-state index in [4.69, 9.17) is 0 Å². The van der Waals surface area contributed by atoms with Gasteiger partial charge in [0.25, 0.3) is 0 Å². The lowest BCUT2D eigenvalue weighted by molar-refractivity contribution is -0.0350. The van der Waals surface area contributed by atoms with Crippen molar-refractivity contribution in [1.29, 1.82) is 0 Å². The molecule has 0 aromatic carbocycles. The van der Waals surface area contributed by atoms with Crippen molar-refractivity contribution >= 4 is 0 Å². The van der Waals surface area contributed by atoms with Crippen molar-refractivity contribution in [3.8, 4) is 0 Å². The maximum absolute atomic E-state index is 10.8. The zero-order chi connectivity index (χ0) is 12.4. The average Bonchev–Trinajstić information content (AvgIpc) is 2.31. The van der Waals surface area contributed by atoms with E-state index in [0.29, 0.717) is 0 Å². The van der Waals surface area contributed by atoms with E-state index < -0.39 is 11.2 Å². The first-order valence-corrected chi connectivity index (χ1v) is 7.23. The van der Waals surface area contributed by atoms with Gasteiger partial charge in [-0.25, -0.2) is 0 Å². The second-order valence-electron chi connectivity index (χ2n) is 5.89. The third kappa shape index (κ3) is 2.58. The van der Waals surface area contributed by atoms with Crippen molar-refractivity contribution in [2.24, 2.45) is 0 Å². The molecule has 0 saturated heterocycles. The van der Waals surface area contributed by atoms with Gasteiger partial charge in [0.2, 0.25) is 0 Å². The van der Waals surface area contributed by atoms with Crippen molar-refractivity contribution in [3.05, 3.63) is 11.6 Å². The molecule has 0 unspecified atom stereocenters. The summed E-state index contributed by atoms with van der Waals surface area (Å²) in [4.78, 5) is 0. The Morgan fingerprint density at radius 2 is 1.12 bits per heavy atom. The molecule has 0 spiro atoms. The molecular formula is C15H26O2. The Balaban J connectivity index is 2.20. The van der Waals surface area contributed by atoms with Crippen molar-refractivity contribution in [3.63, 3.8) is 0 Å². The van der Waals surface area contributed by atoms with E-state index in [0.717, 1.165) is 56.9 Å². The first-order chi connectivity index (χ1) is 8.11. The van der Waals surface area contributed by atoms with E-state index in [9.17, 15) is 10.2 Å². The summed E-state index contributed by atoms with van der Waals surface area (Å²) in [5.41, 5.74) is -0.526. The van der Waals surface area contributed by atoms with Crippen LogP contribution in [-0.4, -0.2) is 21.4 Å². The summed E-state index contributed by atoms with van der Waals surface area (Å²) in [7, 11) is 0. The molecule has 98 valence electrons. The van der Waals surface area contributed by atoms with E-state index in [1.54, 1.807) is 0 Å². The van der Waals surface area contributed by atoms with Crippen molar-refractivity contribution < 1.29 is 10.2 Å². The minimum atomic E-state index is -0.723. The second-order valence-corrected chi connectivity index (χ2v) is 5.89. The molecule has 2 saturated carbocycles. The highest BCUT2D eigenvalue weighted by Crippen LogP contribution is 2.44. The monoisotopic (exact) mass is 238 g/mol. The quantitative estimate of drug-likeness (QED) is 0.724. The van der Waals surface area contributed by atoms with Crippen molar-refractivity contribution in [1.82, 2.24) is 0 Å². The lowest BCUT2D eigenvalue weighted by Gasteiger charge is -2.44. The van der Waals surface area contributed by atoms with Gasteiger partial charge in [-0.1, -0.05) is 44.6 Å². The minimum absolute atomic E-state index is 0.723. The van der Waals surface area contributed by atoms with Crippen molar-refractivity contribution in [2.45, 2.75) is 82.3 Å². The van der Waals surface area contributed by atoms with Crippen LogP contribution in [0.25, 0.3) is 0 Å². The SMILES string of the molecule is CC=C(C1(O)CCCCC1)C1(O)CCCCC1. The fraction of sp³-hybridized carbons (Fsp3) is 0.867. The van der Waals surface area contributed by atoms with Crippen LogP contribution in [0.4, 0.5) is 0 Å². The Morgan fingerprint density at radius 3 is 1.41 bits per heavy atom. The highest BCUT2D eigenvalue weighted by Gasteiger charge is 2.44. The number of allylic oxidation sites excluding steroid dienone is 1. The lowest BCUT2D eigenvalue weighted by atomic mass is 9.68. The van der Waals surface area contributed by atoms with Gasteiger partial charge in [0.15, 0.2) is 0 Å². The van der Waals surface area contributed by atoms with Gasteiger partial charge in [0, 0.05) is 0 Å². The Morgan fingerprint density at radius 1 is 0.765 bits per heavy atom. The second kappa shape index (κ2) is 5.11. The minimum Gasteiger partial charge on any atom is -0.385 e. The van der Waals surface area contributed by atoms with Gasteiger partial charge >= 0.3 is 0 Å². The molecule has 0 heterocycles. The maximum Gasteiger partial charge on any atom is 0.0884 e. The molecule has 2 N–H and O–H groups in total. The first-order valence-electron chi connectivity index (χ1n) is 7.23. The van der Waals surface area contributed by atoms with Crippen LogP contribution in [0.2, 0.25) is 0 Å².